The van der Waals surface area contributed by atoms with Gasteiger partial charge in [0.2, 0.25) is 0 Å². The molecule has 0 saturated carbocycles. The van der Waals surface area contributed by atoms with Crippen LogP contribution in [0.1, 0.15) is 32.6 Å². The number of carbonyl (C=O) groups is 3. The van der Waals surface area contributed by atoms with Crippen molar-refractivity contribution in [3.8, 4) is 0 Å². The van der Waals surface area contributed by atoms with Gasteiger partial charge in [-0.3, -0.25) is 9.59 Å². The van der Waals surface area contributed by atoms with Gasteiger partial charge in [-0.15, -0.1) is 0 Å². The zero-order chi connectivity index (χ0) is 14.5. The number of rotatable bonds is 10. The fraction of sp³-hybridized carbons (Fsp3) is 0.615. The van der Waals surface area contributed by atoms with Crippen LogP contribution >= 0.6 is 0 Å². The second-order valence-electron chi connectivity index (χ2n) is 3.74. The Morgan fingerprint density at radius 3 is 2.26 bits per heavy atom. The Hall–Kier alpha value is -1.85. The first kappa shape index (κ1) is 17.2. The molecule has 0 aromatic rings. The maximum Gasteiger partial charge on any atom is 0.330 e. The Labute approximate surface area is 112 Å². The maximum absolute atomic E-state index is 11.2. The van der Waals surface area contributed by atoms with Gasteiger partial charge < -0.3 is 14.2 Å². The smallest absolute Gasteiger partial charge is 0.330 e. The van der Waals surface area contributed by atoms with Gasteiger partial charge in [0.05, 0.1) is 6.61 Å². The highest BCUT2D eigenvalue weighted by Gasteiger charge is 2.03. The van der Waals surface area contributed by atoms with Crippen LogP contribution in [-0.2, 0) is 28.6 Å². The molecular weight excluding hydrogens is 252 g/mol. The lowest BCUT2D eigenvalue weighted by Crippen LogP contribution is -2.12. The van der Waals surface area contributed by atoms with Crippen molar-refractivity contribution >= 4 is 17.9 Å². The fourth-order valence-corrected chi connectivity index (χ4v) is 1.19. The van der Waals surface area contributed by atoms with Gasteiger partial charge in [-0.1, -0.05) is 6.58 Å². The molecule has 0 saturated heterocycles. The van der Waals surface area contributed by atoms with Gasteiger partial charge in [-0.25, -0.2) is 4.79 Å². The second-order valence-corrected chi connectivity index (χ2v) is 3.74. The van der Waals surface area contributed by atoms with Crippen LogP contribution in [0.15, 0.2) is 12.7 Å². The Morgan fingerprint density at radius 2 is 1.63 bits per heavy atom. The summed E-state index contributed by atoms with van der Waals surface area (Å²) in [6.45, 7) is 5.05. The van der Waals surface area contributed by atoms with Crippen LogP contribution in [0.4, 0.5) is 0 Å². The molecule has 0 spiro atoms. The maximum atomic E-state index is 11.2. The van der Waals surface area contributed by atoms with Crippen LogP contribution in [0.25, 0.3) is 0 Å². The van der Waals surface area contributed by atoms with E-state index in [1.165, 1.54) is 6.92 Å². The van der Waals surface area contributed by atoms with E-state index in [-0.39, 0.29) is 25.2 Å². The van der Waals surface area contributed by atoms with Crippen molar-refractivity contribution in [2.75, 3.05) is 19.8 Å². The molecule has 0 aliphatic rings. The van der Waals surface area contributed by atoms with E-state index in [9.17, 15) is 14.4 Å². The summed E-state index contributed by atoms with van der Waals surface area (Å²) in [6, 6.07) is 0. The molecule has 0 N–H and O–H groups in total. The number of hydrogen-bond donors (Lipinski definition) is 0. The molecule has 6 heteroatoms. The van der Waals surface area contributed by atoms with Crippen molar-refractivity contribution in [2.24, 2.45) is 0 Å². The minimum atomic E-state index is -0.540. The molecule has 0 heterocycles. The van der Waals surface area contributed by atoms with E-state index < -0.39 is 5.97 Å². The molecule has 0 fully saturated rings. The topological polar surface area (TPSA) is 78.9 Å². The van der Waals surface area contributed by atoms with Crippen molar-refractivity contribution in [1.82, 2.24) is 0 Å². The fourth-order valence-electron chi connectivity index (χ4n) is 1.19. The number of esters is 3. The first-order valence-corrected chi connectivity index (χ1v) is 6.14. The van der Waals surface area contributed by atoms with E-state index in [0.29, 0.717) is 19.4 Å². The Morgan fingerprint density at radius 1 is 0.947 bits per heavy atom. The van der Waals surface area contributed by atoms with Gasteiger partial charge in [0.25, 0.3) is 0 Å². The van der Waals surface area contributed by atoms with E-state index in [0.717, 1.165) is 18.9 Å². The first-order valence-electron chi connectivity index (χ1n) is 6.14. The van der Waals surface area contributed by atoms with Crippen molar-refractivity contribution < 1.29 is 28.6 Å². The zero-order valence-electron chi connectivity index (χ0n) is 11.2. The van der Waals surface area contributed by atoms with Gasteiger partial charge in [0.1, 0.15) is 13.2 Å². The molecule has 0 unspecified atom stereocenters. The van der Waals surface area contributed by atoms with Crippen LogP contribution < -0.4 is 0 Å². The van der Waals surface area contributed by atoms with Crippen LogP contribution in [0.3, 0.4) is 0 Å². The summed E-state index contributed by atoms with van der Waals surface area (Å²) in [4.78, 5) is 32.4. The highest BCUT2D eigenvalue weighted by molar-refractivity contribution is 5.81. The summed E-state index contributed by atoms with van der Waals surface area (Å²) in [6.07, 6.45) is 3.53. The van der Waals surface area contributed by atoms with E-state index >= 15 is 0 Å². The highest BCUT2D eigenvalue weighted by atomic mass is 16.6. The molecule has 6 nitrogen and oxygen atoms in total. The monoisotopic (exact) mass is 272 g/mol. The SMILES string of the molecule is C=CC(=O)OCCOC(=O)CCCCCOC(C)=O. The molecule has 0 amide bonds. The van der Waals surface area contributed by atoms with Gasteiger partial charge in [0.15, 0.2) is 0 Å². The predicted molar refractivity (Wildman–Crippen MR) is 67.2 cm³/mol. The van der Waals surface area contributed by atoms with Crippen LogP contribution in [0, 0.1) is 0 Å². The predicted octanol–water partition coefficient (Wildman–Crippen LogP) is 1.38. The van der Waals surface area contributed by atoms with Crippen molar-refractivity contribution in [3.05, 3.63) is 12.7 Å². The lowest BCUT2D eigenvalue weighted by Gasteiger charge is -2.05. The second kappa shape index (κ2) is 11.3. The van der Waals surface area contributed by atoms with Crippen molar-refractivity contribution in [2.45, 2.75) is 32.6 Å². The largest absolute Gasteiger partial charge is 0.466 e. The molecular formula is C13H20O6. The average Bonchev–Trinajstić information content (AvgIpc) is 2.38. The lowest BCUT2D eigenvalue weighted by molar-refractivity contribution is -0.149. The van der Waals surface area contributed by atoms with Gasteiger partial charge in [-0.2, -0.15) is 0 Å². The number of ether oxygens (including phenoxy) is 3. The van der Waals surface area contributed by atoms with E-state index in [4.69, 9.17) is 9.47 Å². The number of carbonyl (C=O) groups excluding carboxylic acids is 3. The van der Waals surface area contributed by atoms with E-state index in [2.05, 4.69) is 11.3 Å². The summed E-state index contributed by atoms with van der Waals surface area (Å²) in [7, 11) is 0. The molecule has 0 aliphatic carbocycles. The van der Waals surface area contributed by atoms with Gasteiger partial charge >= 0.3 is 17.9 Å². The van der Waals surface area contributed by atoms with Gasteiger partial charge in [-0.05, 0) is 19.3 Å². The first-order chi connectivity index (χ1) is 9.06. The minimum Gasteiger partial charge on any atom is -0.466 e. The minimum absolute atomic E-state index is 0.0308. The molecule has 0 radical (unpaired) electrons. The Bertz CT molecular complexity index is 310. The third-order valence-electron chi connectivity index (χ3n) is 2.09. The van der Waals surface area contributed by atoms with Crippen molar-refractivity contribution in [3.63, 3.8) is 0 Å². The zero-order valence-corrected chi connectivity index (χ0v) is 11.2. The summed E-state index contributed by atoms with van der Waals surface area (Å²) >= 11 is 0. The van der Waals surface area contributed by atoms with Gasteiger partial charge in [0, 0.05) is 19.4 Å². The summed E-state index contributed by atoms with van der Waals surface area (Å²) in [5, 5.41) is 0. The van der Waals surface area contributed by atoms with E-state index in [1.54, 1.807) is 0 Å². The third-order valence-corrected chi connectivity index (χ3v) is 2.09. The van der Waals surface area contributed by atoms with Crippen LogP contribution in [0.2, 0.25) is 0 Å². The molecule has 0 bridgehead atoms. The Kier molecular flexibility index (Phi) is 10.2. The normalized spacial score (nSPS) is 9.53. The summed E-state index contributed by atoms with van der Waals surface area (Å²) < 4.78 is 14.2. The summed E-state index contributed by atoms with van der Waals surface area (Å²) in [5.74, 6) is -1.17. The number of unbranched alkanes of at least 4 members (excludes halogenated alkanes) is 2. The van der Waals surface area contributed by atoms with Crippen LogP contribution in [-0.4, -0.2) is 37.7 Å². The molecule has 0 atom stereocenters. The highest BCUT2D eigenvalue weighted by Crippen LogP contribution is 2.02. The molecule has 108 valence electrons. The standard InChI is InChI=1S/C13H20O6/c1-3-12(15)18-9-10-19-13(16)7-5-4-6-8-17-11(2)14/h3H,1,4-10H2,2H3. The average molecular weight is 272 g/mol. The molecule has 0 rings (SSSR count). The summed E-state index contributed by atoms with van der Waals surface area (Å²) in [5.41, 5.74) is 0. The lowest BCUT2D eigenvalue weighted by atomic mass is 10.2. The van der Waals surface area contributed by atoms with Crippen molar-refractivity contribution in [1.29, 1.82) is 0 Å². The Balaban J connectivity index is 3.32. The van der Waals surface area contributed by atoms with Crippen LogP contribution in [0.5, 0.6) is 0 Å². The third kappa shape index (κ3) is 12.4. The quantitative estimate of drug-likeness (QED) is 0.259. The molecule has 0 aromatic carbocycles. The number of hydrogen-bond acceptors (Lipinski definition) is 6. The van der Waals surface area contributed by atoms with E-state index in [1.807, 2.05) is 0 Å². The molecule has 0 aromatic heterocycles. The molecule has 19 heavy (non-hydrogen) atoms. The molecule has 0 aliphatic heterocycles.